The van der Waals surface area contributed by atoms with E-state index in [0.717, 1.165) is 28.4 Å². The van der Waals surface area contributed by atoms with Crippen LogP contribution in [0.3, 0.4) is 0 Å². The average molecular weight is 385 g/mol. The van der Waals surface area contributed by atoms with Gasteiger partial charge in [-0.1, -0.05) is 42.4 Å². The molecule has 26 heavy (non-hydrogen) atoms. The third-order valence-corrected chi connectivity index (χ3v) is 5.32. The summed E-state index contributed by atoms with van der Waals surface area (Å²) in [6.07, 6.45) is 4.66. The highest BCUT2D eigenvalue weighted by Crippen LogP contribution is 2.23. The van der Waals surface area contributed by atoms with Gasteiger partial charge in [0.25, 0.3) is 5.56 Å². The lowest BCUT2D eigenvalue weighted by molar-refractivity contribution is 0.584. The van der Waals surface area contributed by atoms with E-state index < -0.39 is 0 Å². The average Bonchev–Trinajstić information content (AvgIpc) is 3.04. The van der Waals surface area contributed by atoms with Gasteiger partial charge in [0, 0.05) is 24.7 Å². The molecule has 0 N–H and O–H groups in total. The summed E-state index contributed by atoms with van der Waals surface area (Å²) < 4.78 is 3.67. The van der Waals surface area contributed by atoms with Crippen molar-refractivity contribution >= 4 is 39.9 Å². The molecule has 0 aliphatic carbocycles. The van der Waals surface area contributed by atoms with Crippen LogP contribution < -0.4 is 5.56 Å². The number of hydrogen-bond donors (Lipinski definition) is 0. The van der Waals surface area contributed by atoms with Crippen LogP contribution in [-0.4, -0.2) is 18.9 Å². The van der Waals surface area contributed by atoms with Crippen molar-refractivity contribution in [2.75, 3.05) is 0 Å². The van der Waals surface area contributed by atoms with Gasteiger partial charge in [-0.2, -0.15) is 0 Å². The second kappa shape index (κ2) is 7.13. The first-order valence-electron chi connectivity index (χ1n) is 8.41. The second-order valence-electron chi connectivity index (χ2n) is 6.00. The molecule has 0 aliphatic rings. The van der Waals surface area contributed by atoms with Gasteiger partial charge in [-0.3, -0.25) is 9.36 Å². The molecule has 0 saturated carbocycles. The van der Waals surface area contributed by atoms with Crippen LogP contribution in [0.15, 0.2) is 58.7 Å². The molecular weight excluding hydrogens is 368 g/mol. The van der Waals surface area contributed by atoms with E-state index >= 15 is 0 Å². The summed E-state index contributed by atoms with van der Waals surface area (Å²) in [7, 11) is 0. The first-order valence-corrected chi connectivity index (χ1v) is 9.77. The van der Waals surface area contributed by atoms with Crippen LogP contribution in [0.4, 0.5) is 0 Å². The topological polar surface area (TPSA) is 52.2 Å². The highest BCUT2D eigenvalue weighted by Gasteiger charge is 2.12. The summed E-state index contributed by atoms with van der Waals surface area (Å²) in [6.45, 7) is 2.71. The molecule has 4 aromatic rings. The monoisotopic (exact) mass is 384 g/mol. The highest BCUT2D eigenvalue weighted by atomic mass is 35.5. The Morgan fingerprint density at radius 3 is 2.81 bits per heavy atom. The van der Waals surface area contributed by atoms with E-state index in [4.69, 9.17) is 16.6 Å². The summed E-state index contributed by atoms with van der Waals surface area (Å²) >= 11 is 7.56. The highest BCUT2D eigenvalue weighted by molar-refractivity contribution is 7.98. The van der Waals surface area contributed by atoms with Crippen molar-refractivity contribution < 1.29 is 0 Å². The summed E-state index contributed by atoms with van der Waals surface area (Å²) in [6, 6.07) is 11.2. The van der Waals surface area contributed by atoms with Gasteiger partial charge in [0.15, 0.2) is 5.16 Å². The lowest BCUT2D eigenvalue weighted by atomic mass is 10.2. The third-order valence-electron chi connectivity index (χ3n) is 4.09. The van der Waals surface area contributed by atoms with Crippen molar-refractivity contribution in [1.82, 2.24) is 18.9 Å². The van der Waals surface area contributed by atoms with E-state index in [2.05, 4.69) is 11.9 Å². The minimum atomic E-state index is 0.0155. The van der Waals surface area contributed by atoms with Gasteiger partial charge in [-0.25, -0.2) is 9.97 Å². The predicted molar refractivity (Wildman–Crippen MR) is 106 cm³/mol. The van der Waals surface area contributed by atoms with Gasteiger partial charge >= 0.3 is 0 Å². The molecule has 3 aromatic heterocycles. The molecule has 0 unspecified atom stereocenters. The van der Waals surface area contributed by atoms with E-state index in [9.17, 15) is 4.79 Å². The minimum Gasteiger partial charge on any atom is -0.305 e. The van der Waals surface area contributed by atoms with Crippen LogP contribution in [0.1, 0.15) is 19.0 Å². The van der Waals surface area contributed by atoms with Gasteiger partial charge in [-0.05, 0) is 30.7 Å². The van der Waals surface area contributed by atoms with Crippen molar-refractivity contribution in [3.63, 3.8) is 0 Å². The Morgan fingerprint density at radius 2 is 1.96 bits per heavy atom. The zero-order valence-corrected chi connectivity index (χ0v) is 15.8. The number of fused-ring (bicyclic) bond motifs is 2. The summed E-state index contributed by atoms with van der Waals surface area (Å²) in [5, 5.41) is 2.06. The maximum absolute atomic E-state index is 12.8. The first-order chi connectivity index (χ1) is 12.7. The molecule has 0 spiro atoms. The van der Waals surface area contributed by atoms with Crippen LogP contribution in [0.2, 0.25) is 5.02 Å². The molecule has 0 amide bonds. The maximum atomic E-state index is 12.8. The lowest BCUT2D eigenvalue weighted by Crippen LogP contribution is -2.23. The van der Waals surface area contributed by atoms with Crippen LogP contribution >= 0.6 is 23.4 Å². The molecule has 0 radical (unpaired) electrons. The van der Waals surface area contributed by atoms with Gasteiger partial charge in [0.2, 0.25) is 0 Å². The largest absolute Gasteiger partial charge is 0.305 e. The first kappa shape index (κ1) is 17.1. The predicted octanol–water partition coefficient (Wildman–Crippen LogP) is 4.40. The number of hydrogen-bond acceptors (Lipinski definition) is 4. The minimum absolute atomic E-state index is 0.0155. The number of aromatic nitrogens is 4. The Balaban J connectivity index is 1.69. The Labute approximate surface area is 159 Å². The molecule has 0 aliphatic heterocycles. The molecule has 5 nitrogen and oxygen atoms in total. The fourth-order valence-corrected chi connectivity index (χ4v) is 3.98. The van der Waals surface area contributed by atoms with Crippen molar-refractivity contribution in [3.05, 3.63) is 69.9 Å². The van der Waals surface area contributed by atoms with E-state index in [1.54, 1.807) is 4.57 Å². The molecule has 0 bridgehead atoms. The molecule has 0 atom stereocenters. The molecule has 0 fully saturated rings. The van der Waals surface area contributed by atoms with Gasteiger partial charge in [0.05, 0.1) is 21.6 Å². The van der Waals surface area contributed by atoms with Crippen molar-refractivity contribution in [2.45, 2.75) is 30.8 Å². The number of rotatable bonds is 5. The maximum Gasteiger partial charge on any atom is 0.262 e. The number of thioether (sulfide) groups is 1. The number of para-hydroxylation sites is 1. The Kier molecular flexibility index (Phi) is 4.70. The molecule has 3 heterocycles. The Morgan fingerprint density at radius 1 is 1.12 bits per heavy atom. The molecule has 132 valence electrons. The summed E-state index contributed by atoms with van der Waals surface area (Å²) in [5.74, 6) is 0.633. The molecule has 4 rings (SSSR count). The second-order valence-corrected chi connectivity index (χ2v) is 7.38. The standard InChI is InChI=1S/C19H17ClN4OS/c1-2-9-24-18(25)15-5-3-4-6-16(15)22-19(24)26-12-14-11-23-10-13(20)7-8-17(23)21-14/h3-8,10-11H,2,9,12H2,1H3. The number of nitrogens with zero attached hydrogens (tertiary/aromatic N) is 4. The Hall–Kier alpha value is -2.31. The number of halogens is 1. The van der Waals surface area contributed by atoms with Gasteiger partial charge in [0.1, 0.15) is 5.65 Å². The fraction of sp³-hybridized carbons (Fsp3) is 0.211. The fourth-order valence-electron chi connectivity index (χ4n) is 2.90. The normalized spacial score (nSPS) is 11.5. The van der Waals surface area contributed by atoms with Crippen molar-refractivity contribution in [1.29, 1.82) is 0 Å². The molecule has 1 aromatic carbocycles. The van der Waals surface area contributed by atoms with Crippen molar-refractivity contribution in [2.24, 2.45) is 0 Å². The van der Waals surface area contributed by atoms with Crippen molar-refractivity contribution in [3.8, 4) is 0 Å². The number of imidazole rings is 1. The van der Waals surface area contributed by atoms with Crippen LogP contribution in [-0.2, 0) is 12.3 Å². The van der Waals surface area contributed by atoms with Crippen LogP contribution in [0, 0.1) is 0 Å². The van der Waals surface area contributed by atoms with Crippen LogP contribution in [0.25, 0.3) is 16.6 Å². The van der Waals surface area contributed by atoms with E-state index in [-0.39, 0.29) is 5.56 Å². The van der Waals surface area contributed by atoms with Gasteiger partial charge < -0.3 is 4.40 Å². The van der Waals surface area contributed by atoms with E-state index in [1.807, 2.05) is 53.2 Å². The molecular formula is C19H17ClN4OS. The molecule has 7 heteroatoms. The number of pyridine rings is 1. The summed E-state index contributed by atoms with van der Waals surface area (Å²) in [5.41, 5.74) is 2.51. The SMILES string of the molecule is CCCn1c(SCc2cn3cc(Cl)ccc3n2)nc2ccccc2c1=O. The smallest absolute Gasteiger partial charge is 0.262 e. The number of benzene rings is 1. The zero-order chi connectivity index (χ0) is 18.1. The van der Waals surface area contributed by atoms with Gasteiger partial charge in [-0.15, -0.1) is 0 Å². The van der Waals surface area contributed by atoms with E-state index in [1.165, 1.54) is 11.8 Å². The Bertz CT molecular complexity index is 1150. The quantitative estimate of drug-likeness (QED) is 0.378. The van der Waals surface area contributed by atoms with Crippen LogP contribution in [0.5, 0.6) is 0 Å². The van der Waals surface area contributed by atoms with E-state index in [0.29, 0.717) is 22.7 Å². The third kappa shape index (κ3) is 3.22. The molecule has 0 saturated heterocycles. The summed E-state index contributed by atoms with van der Waals surface area (Å²) in [4.78, 5) is 22.1. The lowest BCUT2D eigenvalue weighted by Gasteiger charge is -2.11. The zero-order valence-electron chi connectivity index (χ0n) is 14.2.